The number of aliphatic hydroxyl groups excluding tert-OH is 1. The van der Waals surface area contributed by atoms with E-state index >= 15 is 0 Å². The topological polar surface area (TPSA) is 94.9 Å². The molecule has 0 aromatic carbocycles. The third-order valence-corrected chi connectivity index (χ3v) is 7.71. The van der Waals surface area contributed by atoms with Crippen molar-refractivity contribution >= 4 is 15.9 Å². The number of aliphatic hydroxyl groups is 1. The number of likely N-dealkylation sites (tertiary alicyclic amines) is 1. The van der Waals surface area contributed by atoms with Gasteiger partial charge in [-0.2, -0.15) is 8.42 Å². The number of rotatable bonds is 3. The van der Waals surface area contributed by atoms with Gasteiger partial charge in [0.25, 0.3) is 10.1 Å². The standard InChI is InChI=1S/C15H25NO5S.ClH.Na/c1-14(2)10-5-6-15(14,12(18)8-10)13(22(19,20)21)16-7-3-4-11(17)9-16;;/h10-11,13,17H,3-9H2,1-2H3,(H,19,20,21);1H;/q;;+1/p-1/t10?,11-,13?,15?;;/m0../s1. The zero-order valence-corrected chi connectivity index (χ0v) is 18.1. The van der Waals surface area contributed by atoms with Gasteiger partial charge in [0.05, 0.1) is 11.5 Å². The number of ketones is 1. The predicted molar refractivity (Wildman–Crippen MR) is 80.7 cm³/mol. The minimum absolute atomic E-state index is 0. The molecule has 0 aromatic rings. The molecule has 4 atom stereocenters. The molecule has 2 N–H and O–H groups in total. The van der Waals surface area contributed by atoms with Gasteiger partial charge in [0.1, 0.15) is 5.78 Å². The van der Waals surface area contributed by atoms with Gasteiger partial charge in [-0.25, -0.2) is 0 Å². The van der Waals surface area contributed by atoms with Gasteiger partial charge in [0.15, 0.2) is 5.37 Å². The summed E-state index contributed by atoms with van der Waals surface area (Å²) in [5.41, 5.74) is -1.50. The van der Waals surface area contributed by atoms with Crippen molar-refractivity contribution in [2.75, 3.05) is 13.1 Å². The summed E-state index contributed by atoms with van der Waals surface area (Å²) in [6.07, 6.45) is 2.41. The number of nitrogens with zero attached hydrogens (tertiary/aromatic N) is 1. The van der Waals surface area contributed by atoms with Crippen LogP contribution in [0.25, 0.3) is 0 Å². The second-order valence-electron chi connectivity index (χ2n) is 7.71. The van der Waals surface area contributed by atoms with Crippen molar-refractivity contribution in [1.82, 2.24) is 4.90 Å². The Hall–Kier alpha value is 0.790. The Morgan fingerprint density at radius 1 is 1.29 bits per heavy atom. The Balaban J connectivity index is 0.00000144. The smallest absolute Gasteiger partial charge is 1.00 e. The van der Waals surface area contributed by atoms with Gasteiger partial charge in [0, 0.05) is 13.0 Å². The molecule has 6 nitrogen and oxygen atoms in total. The van der Waals surface area contributed by atoms with E-state index in [9.17, 15) is 22.9 Å². The normalized spacial score (nSPS) is 36.8. The minimum Gasteiger partial charge on any atom is -1.00 e. The van der Waals surface area contributed by atoms with Crippen LogP contribution in [0.15, 0.2) is 0 Å². The van der Waals surface area contributed by atoms with E-state index in [-0.39, 0.29) is 60.2 Å². The van der Waals surface area contributed by atoms with Crippen molar-refractivity contribution in [3.63, 3.8) is 0 Å². The molecular weight excluding hydrogens is 365 g/mol. The molecule has 2 aliphatic carbocycles. The molecule has 2 bridgehead atoms. The fourth-order valence-corrected chi connectivity index (χ4v) is 6.87. The molecule has 134 valence electrons. The van der Waals surface area contributed by atoms with E-state index < -0.39 is 32.4 Å². The Labute approximate surface area is 172 Å². The summed E-state index contributed by atoms with van der Waals surface area (Å²) in [6, 6.07) is 0. The molecule has 1 aliphatic heterocycles. The summed E-state index contributed by atoms with van der Waals surface area (Å²) in [5, 5.41) is 8.67. The largest absolute Gasteiger partial charge is 1.00 e. The van der Waals surface area contributed by atoms with E-state index in [1.165, 1.54) is 0 Å². The zero-order valence-electron chi connectivity index (χ0n) is 14.5. The van der Waals surface area contributed by atoms with E-state index in [4.69, 9.17) is 0 Å². The fourth-order valence-electron chi connectivity index (χ4n) is 5.24. The predicted octanol–water partition coefficient (Wildman–Crippen LogP) is -4.94. The van der Waals surface area contributed by atoms with Crippen LogP contribution in [-0.2, 0) is 14.9 Å². The molecule has 3 unspecified atom stereocenters. The van der Waals surface area contributed by atoms with Crippen molar-refractivity contribution in [3.05, 3.63) is 0 Å². The monoisotopic (exact) mass is 389 g/mol. The molecule has 0 amide bonds. The number of halogens is 1. The maximum Gasteiger partial charge on any atom is 1.00 e. The van der Waals surface area contributed by atoms with Crippen LogP contribution in [-0.4, -0.2) is 53.3 Å². The number of carbonyl (C=O) groups excluding carboxylic acids is 1. The average Bonchev–Trinajstić information content (AvgIpc) is 2.72. The number of Topliss-reactive ketones (excluding diaryl/α,β-unsaturated/α-hetero) is 1. The Morgan fingerprint density at radius 3 is 2.33 bits per heavy atom. The molecule has 2 saturated carbocycles. The van der Waals surface area contributed by atoms with Gasteiger partial charge in [0.2, 0.25) is 0 Å². The Bertz CT molecular complexity index is 599. The van der Waals surface area contributed by atoms with E-state index in [0.29, 0.717) is 32.2 Å². The molecule has 9 heteroatoms. The van der Waals surface area contributed by atoms with Crippen molar-refractivity contribution < 1.29 is 64.8 Å². The number of β-amino-alcohol motifs (C(OH)–C–C–N with tert-alkyl or cyclic N) is 1. The summed E-state index contributed by atoms with van der Waals surface area (Å²) in [7, 11) is -4.43. The van der Waals surface area contributed by atoms with Gasteiger partial charge in [-0.05, 0) is 43.6 Å². The summed E-state index contributed by atoms with van der Waals surface area (Å²) in [4.78, 5) is 14.3. The fraction of sp³-hybridized carbons (Fsp3) is 0.933. The number of hydrogen-bond donors (Lipinski definition) is 2. The van der Waals surface area contributed by atoms with Gasteiger partial charge in [-0.3, -0.25) is 14.2 Å². The Kier molecular flexibility index (Phi) is 7.06. The van der Waals surface area contributed by atoms with E-state index in [1.54, 1.807) is 4.90 Å². The number of hydrogen-bond acceptors (Lipinski definition) is 5. The summed E-state index contributed by atoms with van der Waals surface area (Å²) >= 11 is 0. The third kappa shape index (κ3) is 3.24. The van der Waals surface area contributed by atoms with Crippen molar-refractivity contribution in [1.29, 1.82) is 0 Å². The zero-order chi connectivity index (χ0) is 16.3. The van der Waals surface area contributed by atoms with Crippen LogP contribution in [0, 0.1) is 16.7 Å². The van der Waals surface area contributed by atoms with Crippen LogP contribution in [0.4, 0.5) is 0 Å². The first-order valence-electron chi connectivity index (χ1n) is 8.02. The van der Waals surface area contributed by atoms with Crippen LogP contribution < -0.4 is 42.0 Å². The third-order valence-electron chi connectivity index (χ3n) is 6.45. The second kappa shape index (κ2) is 7.43. The van der Waals surface area contributed by atoms with E-state index in [2.05, 4.69) is 0 Å². The van der Waals surface area contributed by atoms with Crippen LogP contribution in [0.3, 0.4) is 0 Å². The first-order valence-corrected chi connectivity index (χ1v) is 9.53. The molecule has 0 aromatic heterocycles. The van der Waals surface area contributed by atoms with Gasteiger partial charge < -0.3 is 17.5 Å². The molecule has 3 rings (SSSR count). The molecule has 24 heavy (non-hydrogen) atoms. The maximum absolute atomic E-state index is 12.7. The van der Waals surface area contributed by atoms with Crippen LogP contribution in [0.2, 0.25) is 0 Å². The van der Waals surface area contributed by atoms with Gasteiger partial charge >= 0.3 is 29.6 Å². The molecule has 0 spiro atoms. The first-order chi connectivity index (χ1) is 10.1. The second-order valence-corrected chi connectivity index (χ2v) is 9.19. The number of carbonyl (C=O) groups is 1. The quantitative estimate of drug-likeness (QED) is 0.371. The molecule has 3 fully saturated rings. The minimum atomic E-state index is -4.43. The van der Waals surface area contributed by atoms with Crippen LogP contribution in [0.1, 0.15) is 46.0 Å². The van der Waals surface area contributed by atoms with Crippen LogP contribution >= 0.6 is 0 Å². The van der Waals surface area contributed by atoms with E-state index in [1.807, 2.05) is 13.8 Å². The summed E-state index contributed by atoms with van der Waals surface area (Å²) < 4.78 is 34.4. The van der Waals surface area contributed by atoms with Crippen LogP contribution in [0.5, 0.6) is 0 Å². The molecular formula is C15H25ClNNaO5S. The molecule has 1 heterocycles. The summed E-state index contributed by atoms with van der Waals surface area (Å²) in [5.74, 6) is 0.135. The van der Waals surface area contributed by atoms with Crippen molar-refractivity contribution in [3.8, 4) is 0 Å². The maximum atomic E-state index is 12.7. The SMILES string of the molecule is CC1(C)C2CCC1(C(N1CCC[C@H](O)C1)S(=O)(=O)O)C(=O)C2.[Cl-].[Na+]. The van der Waals surface area contributed by atoms with Crippen molar-refractivity contribution in [2.45, 2.75) is 57.4 Å². The average molecular weight is 390 g/mol. The molecule has 1 saturated heterocycles. The van der Waals surface area contributed by atoms with Crippen molar-refractivity contribution in [2.24, 2.45) is 16.7 Å². The summed E-state index contributed by atoms with van der Waals surface area (Å²) in [6.45, 7) is 4.58. The van der Waals surface area contributed by atoms with Gasteiger partial charge in [-0.1, -0.05) is 13.8 Å². The van der Waals surface area contributed by atoms with E-state index in [0.717, 1.165) is 6.42 Å². The first kappa shape index (κ1) is 22.8. The van der Waals surface area contributed by atoms with Gasteiger partial charge in [-0.15, -0.1) is 0 Å². The number of piperidine rings is 1. The molecule has 3 aliphatic rings. The number of fused-ring (bicyclic) bond motifs is 2. The molecule has 0 radical (unpaired) electrons. The Morgan fingerprint density at radius 2 is 1.92 bits per heavy atom.